The number of ether oxygens (including phenoxy) is 2. The quantitative estimate of drug-likeness (QED) is 0.279. The summed E-state index contributed by atoms with van der Waals surface area (Å²) >= 11 is 12.3. The maximum atomic E-state index is 13.0. The molecule has 0 aliphatic rings. The number of rotatable bonds is 6. The van der Waals surface area contributed by atoms with E-state index >= 15 is 0 Å². The van der Waals surface area contributed by atoms with E-state index in [-0.39, 0.29) is 10.6 Å². The molecule has 0 radical (unpaired) electrons. The Balaban J connectivity index is 2.17. The minimum atomic E-state index is -0.557. The Morgan fingerprint density at radius 2 is 1.42 bits per heavy atom. The van der Waals surface area contributed by atoms with Gasteiger partial charge in [-0.05, 0) is 80.6 Å². The van der Waals surface area contributed by atoms with E-state index in [1.54, 1.807) is 18.2 Å². The molecule has 3 nitrogen and oxygen atoms in total. The van der Waals surface area contributed by atoms with Crippen molar-refractivity contribution < 1.29 is 14.3 Å². The first-order valence-corrected chi connectivity index (χ1v) is 11.0. The summed E-state index contributed by atoms with van der Waals surface area (Å²) in [6.45, 7) is 10.9. The summed E-state index contributed by atoms with van der Waals surface area (Å²) < 4.78 is 11.9. The molecule has 3 aromatic carbocycles. The molecule has 0 N–H and O–H groups in total. The lowest BCUT2D eigenvalue weighted by Gasteiger charge is -2.21. The molecule has 5 heteroatoms. The highest BCUT2D eigenvalue weighted by molar-refractivity contribution is 6.43. The summed E-state index contributed by atoms with van der Waals surface area (Å²) in [5.74, 6) is 0.675. The maximum absolute atomic E-state index is 13.0. The monoisotopic (exact) mass is 456 g/mol. The zero-order valence-electron chi connectivity index (χ0n) is 18.4. The Bertz CT molecular complexity index is 1140. The summed E-state index contributed by atoms with van der Waals surface area (Å²) in [6, 6.07) is 12.7. The van der Waals surface area contributed by atoms with Crippen LogP contribution in [0.4, 0.5) is 0 Å². The van der Waals surface area contributed by atoms with Crippen LogP contribution in [0.1, 0.15) is 46.0 Å². The molecular weight excluding hydrogens is 431 g/mol. The Morgan fingerprint density at radius 1 is 0.839 bits per heavy atom. The van der Waals surface area contributed by atoms with Gasteiger partial charge < -0.3 is 9.47 Å². The Hall–Kier alpha value is -2.49. The van der Waals surface area contributed by atoms with Crippen molar-refractivity contribution in [3.05, 3.63) is 80.3 Å². The van der Waals surface area contributed by atoms with Gasteiger partial charge in [0, 0.05) is 11.1 Å². The predicted octanol–water partition coefficient (Wildman–Crippen LogP) is 7.90. The molecule has 0 atom stereocenters. The number of benzene rings is 3. The molecule has 0 aliphatic carbocycles. The summed E-state index contributed by atoms with van der Waals surface area (Å²) in [5, 5.41) is 0.486. The second kappa shape index (κ2) is 9.76. The van der Waals surface area contributed by atoms with Crippen LogP contribution in [0.2, 0.25) is 10.0 Å². The van der Waals surface area contributed by atoms with Crippen LogP contribution in [0.15, 0.2) is 42.5 Å². The average molecular weight is 457 g/mol. The molecule has 0 bridgehead atoms. The van der Waals surface area contributed by atoms with Gasteiger partial charge in [0.25, 0.3) is 0 Å². The number of hydrogen-bond donors (Lipinski definition) is 0. The van der Waals surface area contributed by atoms with Crippen LogP contribution in [0.25, 0.3) is 11.1 Å². The molecule has 0 aromatic heterocycles. The molecule has 0 unspecified atom stereocenters. The topological polar surface area (TPSA) is 35.5 Å². The minimum Gasteiger partial charge on any atom is -0.493 e. The maximum Gasteiger partial charge on any atom is 0.345 e. The van der Waals surface area contributed by atoms with Crippen molar-refractivity contribution >= 4 is 29.2 Å². The molecule has 0 heterocycles. The predicted molar refractivity (Wildman–Crippen MR) is 128 cm³/mol. The molecule has 3 rings (SSSR count). The van der Waals surface area contributed by atoms with Crippen LogP contribution in [0.5, 0.6) is 11.5 Å². The van der Waals surface area contributed by atoms with Gasteiger partial charge >= 0.3 is 5.97 Å². The highest BCUT2D eigenvalue weighted by atomic mass is 35.5. The Kier molecular flexibility index (Phi) is 7.30. The summed E-state index contributed by atoms with van der Waals surface area (Å²) in [4.78, 5) is 13.0. The third-order valence-electron chi connectivity index (χ3n) is 5.48. The third-order valence-corrected chi connectivity index (χ3v) is 6.30. The Labute approximate surface area is 193 Å². The van der Waals surface area contributed by atoms with Crippen LogP contribution in [0, 0.1) is 27.7 Å². The number of aryl methyl sites for hydroxylation is 2. The SMILES string of the molecule is CCCOc1ccc(C)c(C)c1-c1c(OC(=O)c2cccc(Cl)c2Cl)ccc(C)c1C. The van der Waals surface area contributed by atoms with Gasteiger partial charge in [-0.3, -0.25) is 0 Å². The van der Waals surface area contributed by atoms with Crippen molar-refractivity contribution in [3.8, 4) is 22.6 Å². The molecule has 0 fully saturated rings. The molecule has 0 saturated heterocycles. The molecule has 3 aromatic rings. The van der Waals surface area contributed by atoms with Crippen LogP contribution < -0.4 is 9.47 Å². The van der Waals surface area contributed by atoms with Crippen molar-refractivity contribution in [2.24, 2.45) is 0 Å². The second-order valence-electron chi connectivity index (χ2n) is 7.60. The smallest absolute Gasteiger partial charge is 0.345 e. The molecule has 0 saturated carbocycles. The molecule has 31 heavy (non-hydrogen) atoms. The van der Waals surface area contributed by atoms with Crippen LogP contribution in [-0.2, 0) is 0 Å². The zero-order valence-corrected chi connectivity index (χ0v) is 19.9. The van der Waals surface area contributed by atoms with E-state index in [2.05, 4.69) is 20.8 Å². The largest absolute Gasteiger partial charge is 0.493 e. The lowest BCUT2D eigenvalue weighted by Crippen LogP contribution is -2.11. The molecule has 0 spiro atoms. The van der Waals surface area contributed by atoms with Crippen molar-refractivity contribution in [1.29, 1.82) is 0 Å². The number of hydrogen-bond acceptors (Lipinski definition) is 3. The first kappa shape index (κ1) is 23.2. The molecule has 162 valence electrons. The van der Waals surface area contributed by atoms with Gasteiger partial charge in [-0.2, -0.15) is 0 Å². The first-order valence-electron chi connectivity index (χ1n) is 10.3. The van der Waals surface area contributed by atoms with Crippen LogP contribution in [-0.4, -0.2) is 12.6 Å². The van der Waals surface area contributed by atoms with Gasteiger partial charge in [0.2, 0.25) is 0 Å². The fraction of sp³-hybridized carbons (Fsp3) is 0.269. The van der Waals surface area contributed by atoms with Crippen LogP contribution in [0.3, 0.4) is 0 Å². The first-order chi connectivity index (χ1) is 14.8. The lowest BCUT2D eigenvalue weighted by atomic mass is 9.90. The third kappa shape index (κ3) is 4.73. The van der Waals surface area contributed by atoms with Gasteiger partial charge in [0.05, 0.1) is 22.2 Å². The van der Waals surface area contributed by atoms with Crippen molar-refractivity contribution in [2.75, 3.05) is 6.61 Å². The van der Waals surface area contributed by atoms with Gasteiger partial charge in [-0.25, -0.2) is 4.79 Å². The Morgan fingerprint density at radius 3 is 2.03 bits per heavy atom. The van der Waals surface area contributed by atoms with E-state index in [9.17, 15) is 4.79 Å². The van der Waals surface area contributed by atoms with Gasteiger partial charge in [0.1, 0.15) is 11.5 Å². The highest BCUT2D eigenvalue weighted by Gasteiger charge is 2.22. The van der Waals surface area contributed by atoms with Crippen molar-refractivity contribution in [2.45, 2.75) is 41.0 Å². The average Bonchev–Trinajstić information content (AvgIpc) is 2.74. The highest BCUT2D eigenvalue weighted by Crippen LogP contribution is 2.43. The summed E-state index contributed by atoms with van der Waals surface area (Å²) in [6.07, 6.45) is 0.897. The van der Waals surface area contributed by atoms with E-state index in [0.29, 0.717) is 17.4 Å². The van der Waals surface area contributed by atoms with Crippen LogP contribution >= 0.6 is 23.2 Å². The van der Waals surface area contributed by atoms with E-state index < -0.39 is 5.97 Å². The van der Waals surface area contributed by atoms with E-state index in [1.807, 2.05) is 38.1 Å². The molecule has 0 amide bonds. The van der Waals surface area contributed by atoms with Gasteiger partial charge in [0.15, 0.2) is 0 Å². The number of carbonyl (C=O) groups excluding carboxylic acids is 1. The summed E-state index contributed by atoms with van der Waals surface area (Å²) in [5.41, 5.74) is 6.35. The number of esters is 1. The fourth-order valence-corrected chi connectivity index (χ4v) is 3.81. The van der Waals surface area contributed by atoms with E-state index in [1.165, 1.54) is 0 Å². The number of carbonyl (C=O) groups is 1. The minimum absolute atomic E-state index is 0.179. The van der Waals surface area contributed by atoms with Crippen molar-refractivity contribution in [1.82, 2.24) is 0 Å². The standard InChI is InChI=1S/C26H26Cl2O3/c1-6-14-30-21-12-10-15(2)17(4)23(21)24-18(5)16(3)11-13-22(24)31-26(29)19-8-7-9-20(27)25(19)28/h7-13H,6,14H2,1-5H3. The number of halogens is 2. The summed E-state index contributed by atoms with van der Waals surface area (Å²) in [7, 11) is 0. The van der Waals surface area contributed by atoms with E-state index in [4.69, 9.17) is 32.7 Å². The molecule has 0 aliphatic heterocycles. The fourth-order valence-electron chi connectivity index (χ4n) is 3.44. The zero-order chi connectivity index (χ0) is 22.7. The van der Waals surface area contributed by atoms with Gasteiger partial charge in [-0.15, -0.1) is 0 Å². The van der Waals surface area contributed by atoms with Crippen molar-refractivity contribution in [3.63, 3.8) is 0 Å². The van der Waals surface area contributed by atoms with Gasteiger partial charge in [-0.1, -0.05) is 48.3 Å². The second-order valence-corrected chi connectivity index (χ2v) is 8.39. The normalized spacial score (nSPS) is 10.8. The molecular formula is C26H26Cl2O3. The lowest BCUT2D eigenvalue weighted by molar-refractivity contribution is 0.0735. The van der Waals surface area contributed by atoms with E-state index in [0.717, 1.165) is 45.6 Å².